The van der Waals surface area contributed by atoms with E-state index in [4.69, 9.17) is 23.2 Å². The molecule has 0 unspecified atom stereocenters. The molecule has 25 heavy (non-hydrogen) atoms. The van der Waals surface area contributed by atoms with Crippen LogP contribution in [0.4, 0.5) is 0 Å². The molecule has 4 rings (SSSR count). The van der Waals surface area contributed by atoms with Crippen LogP contribution in [0.3, 0.4) is 0 Å². The van der Waals surface area contributed by atoms with Crippen LogP contribution in [-0.4, -0.2) is 17.0 Å². The molecule has 3 nitrogen and oxygen atoms in total. The number of rotatable bonds is 2. The standard InChI is InChI=1S/C20H12Cl2N2O/c21-13-9-12(20(25)18(22)10-13)11-23-24-19-16-7-3-1-5-14(16)15-6-2-4-8-17(15)19/h1-11,25H/b23-11+. The average Bonchev–Trinajstić information content (AvgIpc) is 2.93. The smallest absolute Gasteiger partial charge is 0.143 e. The molecule has 0 bridgehead atoms. The van der Waals surface area contributed by atoms with E-state index in [9.17, 15) is 5.11 Å². The number of aromatic hydroxyl groups is 1. The van der Waals surface area contributed by atoms with Gasteiger partial charge in [-0.3, -0.25) is 0 Å². The van der Waals surface area contributed by atoms with E-state index in [1.807, 2.05) is 36.4 Å². The Bertz CT molecular complexity index is 994. The van der Waals surface area contributed by atoms with Gasteiger partial charge in [0.25, 0.3) is 0 Å². The fourth-order valence-electron chi connectivity index (χ4n) is 2.93. The Morgan fingerprint density at radius 1 is 0.800 bits per heavy atom. The molecule has 0 fully saturated rings. The van der Waals surface area contributed by atoms with Crippen molar-refractivity contribution in [3.8, 4) is 16.9 Å². The van der Waals surface area contributed by atoms with Gasteiger partial charge in [0.15, 0.2) is 0 Å². The lowest BCUT2D eigenvalue weighted by molar-refractivity contribution is 0.474. The molecule has 0 radical (unpaired) electrons. The lowest BCUT2D eigenvalue weighted by atomic mass is 10.1. The molecule has 0 aliphatic heterocycles. The number of phenolic OH excluding ortho intramolecular Hbond substituents is 1. The molecule has 1 aliphatic rings. The highest BCUT2D eigenvalue weighted by atomic mass is 35.5. The highest BCUT2D eigenvalue weighted by Gasteiger charge is 2.23. The van der Waals surface area contributed by atoms with Crippen LogP contribution in [0.1, 0.15) is 16.7 Å². The SMILES string of the molecule is Oc1c(Cl)cc(Cl)cc1/C=N/N=C1c2ccccc2-c2ccccc21. The van der Waals surface area contributed by atoms with Crippen molar-refractivity contribution in [3.63, 3.8) is 0 Å². The molecule has 1 N–H and O–H groups in total. The Hall–Kier alpha value is -2.62. The predicted molar refractivity (Wildman–Crippen MR) is 103 cm³/mol. The number of halogens is 2. The summed E-state index contributed by atoms with van der Waals surface area (Å²) in [6.45, 7) is 0. The zero-order valence-corrected chi connectivity index (χ0v) is 14.5. The molecular formula is C20H12Cl2N2O. The van der Waals surface area contributed by atoms with Gasteiger partial charge in [0.2, 0.25) is 0 Å². The topological polar surface area (TPSA) is 45.0 Å². The summed E-state index contributed by atoms with van der Waals surface area (Å²) in [6, 6.07) is 19.2. The lowest BCUT2D eigenvalue weighted by Crippen LogP contribution is -1.97. The molecule has 1 aliphatic carbocycles. The predicted octanol–water partition coefficient (Wildman–Crippen LogP) is 5.55. The number of hydrogen-bond acceptors (Lipinski definition) is 3. The average molecular weight is 367 g/mol. The molecule has 5 heteroatoms. The van der Waals surface area contributed by atoms with E-state index in [2.05, 4.69) is 22.3 Å². The number of benzene rings is 3. The van der Waals surface area contributed by atoms with Crippen LogP contribution < -0.4 is 0 Å². The molecule has 0 saturated heterocycles. The van der Waals surface area contributed by atoms with Crippen LogP contribution in [0.15, 0.2) is 70.9 Å². The first-order chi connectivity index (χ1) is 12.1. The van der Waals surface area contributed by atoms with Crippen molar-refractivity contribution in [3.05, 3.63) is 87.4 Å². The third-order valence-corrected chi connectivity index (χ3v) is 4.57. The van der Waals surface area contributed by atoms with Crippen LogP contribution >= 0.6 is 23.2 Å². The second-order valence-electron chi connectivity index (χ2n) is 5.61. The third-order valence-electron chi connectivity index (χ3n) is 4.07. The second kappa shape index (κ2) is 6.36. The van der Waals surface area contributed by atoms with Gasteiger partial charge in [-0.25, -0.2) is 0 Å². The van der Waals surface area contributed by atoms with Gasteiger partial charge in [-0.2, -0.15) is 5.10 Å². The summed E-state index contributed by atoms with van der Waals surface area (Å²) < 4.78 is 0. The monoisotopic (exact) mass is 366 g/mol. The second-order valence-corrected chi connectivity index (χ2v) is 6.45. The van der Waals surface area contributed by atoms with Gasteiger partial charge in [0.1, 0.15) is 11.5 Å². The summed E-state index contributed by atoms with van der Waals surface area (Å²) in [7, 11) is 0. The Balaban J connectivity index is 1.78. The van der Waals surface area contributed by atoms with Crippen molar-refractivity contribution < 1.29 is 5.11 Å². The van der Waals surface area contributed by atoms with Gasteiger partial charge in [-0.05, 0) is 23.3 Å². The molecule has 0 spiro atoms. The molecule has 122 valence electrons. The minimum Gasteiger partial charge on any atom is -0.506 e. The van der Waals surface area contributed by atoms with E-state index in [0.717, 1.165) is 28.0 Å². The Kier molecular flexibility index (Phi) is 4.04. The van der Waals surface area contributed by atoms with Crippen LogP contribution in [0.25, 0.3) is 11.1 Å². The van der Waals surface area contributed by atoms with Gasteiger partial charge < -0.3 is 5.11 Å². The first-order valence-corrected chi connectivity index (χ1v) is 8.39. The summed E-state index contributed by atoms with van der Waals surface area (Å²) in [4.78, 5) is 0. The van der Waals surface area contributed by atoms with Crippen molar-refractivity contribution in [2.75, 3.05) is 0 Å². The molecule has 0 atom stereocenters. The zero-order valence-electron chi connectivity index (χ0n) is 12.9. The van der Waals surface area contributed by atoms with E-state index < -0.39 is 0 Å². The summed E-state index contributed by atoms with van der Waals surface area (Å²) in [5.74, 6) is -0.0674. The third kappa shape index (κ3) is 2.82. The van der Waals surface area contributed by atoms with Gasteiger partial charge in [0.05, 0.1) is 11.2 Å². The summed E-state index contributed by atoms with van der Waals surface area (Å²) in [6.07, 6.45) is 1.45. The maximum atomic E-state index is 10.00. The molecule has 3 aromatic carbocycles. The summed E-state index contributed by atoms with van der Waals surface area (Å²) >= 11 is 11.9. The van der Waals surface area contributed by atoms with Crippen LogP contribution in [0.2, 0.25) is 10.0 Å². The van der Waals surface area contributed by atoms with Gasteiger partial charge >= 0.3 is 0 Å². The van der Waals surface area contributed by atoms with Crippen molar-refractivity contribution in [2.24, 2.45) is 10.2 Å². The van der Waals surface area contributed by atoms with Crippen LogP contribution in [0.5, 0.6) is 5.75 Å². The number of phenols is 1. The minimum absolute atomic E-state index is 0.0674. The maximum Gasteiger partial charge on any atom is 0.143 e. The highest BCUT2D eigenvalue weighted by molar-refractivity contribution is 6.36. The van der Waals surface area contributed by atoms with E-state index in [1.54, 1.807) is 6.07 Å². The Morgan fingerprint density at radius 2 is 1.36 bits per heavy atom. The molecule has 0 saturated carbocycles. The van der Waals surface area contributed by atoms with Gasteiger partial charge in [-0.1, -0.05) is 71.7 Å². The fourth-order valence-corrected chi connectivity index (χ4v) is 3.44. The van der Waals surface area contributed by atoms with Gasteiger partial charge in [-0.15, -0.1) is 5.10 Å². The van der Waals surface area contributed by atoms with Crippen LogP contribution in [-0.2, 0) is 0 Å². The molecule has 0 amide bonds. The van der Waals surface area contributed by atoms with Crippen LogP contribution in [0, 0.1) is 0 Å². The Morgan fingerprint density at radius 3 is 1.96 bits per heavy atom. The van der Waals surface area contributed by atoms with Crippen molar-refractivity contribution in [1.29, 1.82) is 0 Å². The first kappa shape index (κ1) is 15.9. The largest absolute Gasteiger partial charge is 0.506 e. The normalized spacial score (nSPS) is 12.3. The Labute approximate surface area is 154 Å². The van der Waals surface area contributed by atoms with E-state index in [0.29, 0.717) is 10.6 Å². The quantitative estimate of drug-likeness (QED) is 0.366. The number of hydrogen-bond donors (Lipinski definition) is 1. The number of fused-ring (bicyclic) bond motifs is 3. The summed E-state index contributed by atoms with van der Waals surface area (Å²) in [5, 5.41) is 19.1. The molecule has 0 heterocycles. The highest BCUT2D eigenvalue weighted by Crippen LogP contribution is 2.36. The molecular weight excluding hydrogens is 355 g/mol. The number of nitrogens with zero attached hydrogens (tertiary/aromatic N) is 2. The maximum absolute atomic E-state index is 10.00. The molecule has 3 aromatic rings. The van der Waals surface area contributed by atoms with Crippen molar-refractivity contribution in [2.45, 2.75) is 0 Å². The fraction of sp³-hybridized carbons (Fsp3) is 0. The van der Waals surface area contributed by atoms with E-state index in [-0.39, 0.29) is 10.8 Å². The van der Waals surface area contributed by atoms with E-state index >= 15 is 0 Å². The van der Waals surface area contributed by atoms with Crippen molar-refractivity contribution >= 4 is 35.1 Å². The lowest BCUT2D eigenvalue weighted by Gasteiger charge is -2.02. The first-order valence-electron chi connectivity index (χ1n) is 7.63. The zero-order chi connectivity index (χ0) is 17.4. The summed E-state index contributed by atoms with van der Waals surface area (Å²) in [5.41, 5.74) is 5.57. The van der Waals surface area contributed by atoms with E-state index in [1.165, 1.54) is 12.3 Å². The molecule has 0 aromatic heterocycles. The minimum atomic E-state index is -0.0674. The van der Waals surface area contributed by atoms with Gasteiger partial charge in [0, 0.05) is 21.7 Å². The van der Waals surface area contributed by atoms with Crippen molar-refractivity contribution in [1.82, 2.24) is 0 Å².